The number of nitrogens with zero attached hydrogens (tertiary/aromatic N) is 3. The van der Waals surface area contributed by atoms with Gasteiger partial charge in [-0.15, -0.1) is 0 Å². The van der Waals surface area contributed by atoms with Crippen molar-refractivity contribution in [3.05, 3.63) is 94.3 Å². The minimum Gasteiger partial charge on any atom is -0.348 e. The monoisotopic (exact) mass is 519 g/mol. The third-order valence-corrected chi connectivity index (χ3v) is 7.30. The summed E-state index contributed by atoms with van der Waals surface area (Å²) < 4.78 is 24.9. The highest BCUT2D eigenvalue weighted by molar-refractivity contribution is 7.91. The van der Waals surface area contributed by atoms with Gasteiger partial charge in [0.1, 0.15) is 5.65 Å². The van der Waals surface area contributed by atoms with E-state index < -0.39 is 9.84 Å². The molecule has 0 bridgehead atoms. The summed E-state index contributed by atoms with van der Waals surface area (Å²) in [6.45, 7) is 2.15. The quantitative estimate of drug-likeness (QED) is 0.343. The van der Waals surface area contributed by atoms with Gasteiger partial charge in [-0.3, -0.25) is 14.8 Å². The molecule has 182 valence electrons. The van der Waals surface area contributed by atoms with Crippen LogP contribution in [-0.2, 0) is 22.8 Å². The molecule has 0 aliphatic heterocycles. The Morgan fingerprint density at radius 1 is 1.03 bits per heavy atom. The average molecular weight is 520 g/mol. The Labute approximate surface area is 212 Å². The molecule has 0 aliphatic carbocycles. The van der Waals surface area contributed by atoms with Crippen molar-refractivity contribution in [2.24, 2.45) is 0 Å². The lowest BCUT2D eigenvalue weighted by Gasteiger charge is -2.10. The highest BCUT2D eigenvalue weighted by Crippen LogP contribution is 2.26. The summed E-state index contributed by atoms with van der Waals surface area (Å²) in [6, 6.07) is 10.7. The Hall–Kier alpha value is -3.82. The summed E-state index contributed by atoms with van der Waals surface area (Å²) in [7, 11) is -3.47. The van der Waals surface area contributed by atoms with Crippen LogP contribution in [0.1, 0.15) is 32.9 Å². The van der Waals surface area contributed by atoms with E-state index in [9.17, 15) is 13.2 Å². The number of carbonyl (C=O) groups is 1. The molecule has 4 aromatic heterocycles. The molecular weight excluding hydrogens is 498 g/mol. The molecule has 10 heteroatoms. The van der Waals surface area contributed by atoms with E-state index in [4.69, 9.17) is 11.6 Å². The fourth-order valence-corrected chi connectivity index (χ4v) is 5.26. The predicted molar refractivity (Wildman–Crippen MR) is 139 cm³/mol. The van der Waals surface area contributed by atoms with Crippen molar-refractivity contribution in [2.75, 3.05) is 6.26 Å². The molecule has 0 saturated carbocycles. The number of pyridine rings is 3. The molecule has 1 amide bonds. The van der Waals surface area contributed by atoms with Crippen molar-refractivity contribution in [1.82, 2.24) is 25.3 Å². The lowest BCUT2D eigenvalue weighted by molar-refractivity contribution is 0.0950. The summed E-state index contributed by atoms with van der Waals surface area (Å²) in [4.78, 5) is 29.0. The Kier molecular flexibility index (Phi) is 6.19. The number of benzene rings is 1. The third-order valence-electron chi connectivity index (χ3n) is 5.85. The van der Waals surface area contributed by atoms with Crippen LogP contribution in [0.4, 0.5) is 0 Å². The maximum absolute atomic E-state index is 12.8. The largest absolute Gasteiger partial charge is 0.348 e. The van der Waals surface area contributed by atoms with Crippen LogP contribution in [-0.4, -0.2) is 40.5 Å². The molecule has 0 spiro atoms. The van der Waals surface area contributed by atoms with E-state index in [2.05, 4.69) is 25.3 Å². The third kappa shape index (κ3) is 4.93. The molecule has 0 saturated heterocycles. The van der Waals surface area contributed by atoms with Crippen LogP contribution in [0.5, 0.6) is 0 Å². The fraction of sp³-hybridized carbons (Fsp3) is 0.154. The van der Waals surface area contributed by atoms with Crippen molar-refractivity contribution in [3.8, 4) is 0 Å². The zero-order valence-electron chi connectivity index (χ0n) is 19.5. The molecule has 5 rings (SSSR count). The van der Waals surface area contributed by atoms with Gasteiger partial charge in [-0.1, -0.05) is 17.7 Å². The first-order valence-electron chi connectivity index (χ1n) is 11.1. The van der Waals surface area contributed by atoms with E-state index in [0.29, 0.717) is 33.7 Å². The molecule has 8 nitrogen and oxygen atoms in total. The van der Waals surface area contributed by atoms with Gasteiger partial charge in [0.05, 0.1) is 9.92 Å². The van der Waals surface area contributed by atoms with Crippen LogP contribution in [0.25, 0.3) is 21.8 Å². The number of aromatic amines is 1. The SMILES string of the molecule is Cc1cc2cc(Cc3cc(C(=O)NCc4cnc5[nH]cc(Cl)c5c4)ccn3)cc(S(C)(=O)=O)c2cn1. The lowest BCUT2D eigenvalue weighted by Crippen LogP contribution is -2.23. The second-order valence-electron chi connectivity index (χ2n) is 8.68. The van der Waals surface area contributed by atoms with Gasteiger partial charge >= 0.3 is 0 Å². The van der Waals surface area contributed by atoms with Crippen LogP contribution in [0.15, 0.2) is 66.1 Å². The first-order chi connectivity index (χ1) is 17.2. The number of sulfone groups is 1. The van der Waals surface area contributed by atoms with Gasteiger partial charge < -0.3 is 10.3 Å². The number of amides is 1. The normalized spacial score (nSPS) is 11.8. The number of hydrogen-bond donors (Lipinski definition) is 2. The molecular formula is C26H22ClN5O3S. The average Bonchev–Trinajstić information content (AvgIpc) is 3.21. The minimum absolute atomic E-state index is 0.226. The summed E-state index contributed by atoms with van der Waals surface area (Å²) in [6.07, 6.45) is 8.07. The highest BCUT2D eigenvalue weighted by atomic mass is 35.5. The maximum atomic E-state index is 12.8. The van der Waals surface area contributed by atoms with E-state index in [-0.39, 0.29) is 17.3 Å². The van der Waals surface area contributed by atoms with Crippen molar-refractivity contribution < 1.29 is 13.2 Å². The van der Waals surface area contributed by atoms with Gasteiger partial charge in [-0.25, -0.2) is 13.4 Å². The van der Waals surface area contributed by atoms with E-state index in [1.54, 1.807) is 43.0 Å². The highest BCUT2D eigenvalue weighted by Gasteiger charge is 2.15. The van der Waals surface area contributed by atoms with E-state index >= 15 is 0 Å². The summed E-state index contributed by atoms with van der Waals surface area (Å²) in [5, 5.41) is 5.64. The van der Waals surface area contributed by atoms with Crippen molar-refractivity contribution in [2.45, 2.75) is 24.8 Å². The van der Waals surface area contributed by atoms with Gasteiger partial charge in [0.15, 0.2) is 9.84 Å². The number of rotatable bonds is 6. The van der Waals surface area contributed by atoms with Gasteiger partial charge in [-0.2, -0.15) is 0 Å². The van der Waals surface area contributed by atoms with E-state index in [0.717, 1.165) is 27.6 Å². The molecule has 0 radical (unpaired) electrons. The number of carbonyl (C=O) groups excluding carboxylic acids is 1. The number of halogens is 1. The van der Waals surface area contributed by atoms with Gasteiger partial charge in [-0.05, 0) is 53.8 Å². The Balaban J connectivity index is 1.37. The number of H-pyrrole nitrogens is 1. The molecule has 0 atom stereocenters. The Morgan fingerprint density at radius 3 is 2.67 bits per heavy atom. The van der Waals surface area contributed by atoms with Gasteiger partial charge in [0, 0.05) is 71.7 Å². The zero-order chi connectivity index (χ0) is 25.4. The number of nitrogens with one attached hydrogen (secondary N) is 2. The maximum Gasteiger partial charge on any atom is 0.251 e. The number of hydrogen-bond acceptors (Lipinski definition) is 6. The lowest BCUT2D eigenvalue weighted by atomic mass is 10.0. The molecule has 0 aliphatic rings. The zero-order valence-corrected chi connectivity index (χ0v) is 21.1. The van der Waals surface area contributed by atoms with Crippen molar-refractivity contribution in [3.63, 3.8) is 0 Å². The molecule has 0 unspecified atom stereocenters. The Bertz CT molecular complexity index is 1750. The number of fused-ring (bicyclic) bond motifs is 2. The van der Waals surface area contributed by atoms with Gasteiger partial charge in [0.25, 0.3) is 5.91 Å². The predicted octanol–water partition coefficient (Wildman–Crippen LogP) is 4.39. The van der Waals surface area contributed by atoms with Gasteiger partial charge in [0.2, 0.25) is 0 Å². The molecule has 0 fully saturated rings. The molecule has 36 heavy (non-hydrogen) atoms. The van der Waals surface area contributed by atoms with Crippen LogP contribution in [0, 0.1) is 6.92 Å². The standard InChI is InChI=1S/C26H22ClN5O3S/c1-15-5-19-6-16(9-24(36(2,34)35)22(19)13-29-15)7-20-10-18(3-4-28-20)26(33)32-12-17-8-21-23(27)14-31-25(21)30-11-17/h3-6,8-11,13-14H,7,12H2,1-2H3,(H,30,31)(H,32,33). The fourth-order valence-electron chi connectivity index (χ4n) is 4.12. The number of aryl methyl sites for hydroxylation is 1. The topological polar surface area (TPSA) is 118 Å². The molecule has 4 heterocycles. The minimum atomic E-state index is -3.47. The molecule has 5 aromatic rings. The first-order valence-corrected chi connectivity index (χ1v) is 13.4. The van der Waals surface area contributed by atoms with Crippen LogP contribution >= 0.6 is 11.6 Å². The van der Waals surface area contributed by atoms with Crippen LogP contribution in [0.2, 0.25) is 5.02 Å². The number of aromatic nitrogens is 4. The summed E-state index contributed by atoms with van der Waals surface area (Å²) in [5.74, 6) is -0.254. The van der Waals surface area contributed by atoms with Crippen LogP contribution in [0.3, 0.4) is 0 Å². The Morgan fingerprint density at radius 2 is 1.86 bits per heavy atom. The second-order valence-corrected chi connectivity index (χ2v) is 11.1. The second kappa shape index (κ2) is 9.33. The smallest absolute Gasteiger partial charge is 0.251 e. The van der Waals surface area contributed by atoms with Crippen molar-refractivity contribution in [1.29, 1.82) is 0 Å². The van der Waals surface area contributed by atoms with E-state index in [1.807, 2.05) is 25.1 Å². The molecule has 2 N–H and O–H groups in total. The van der Waals surface area contributed by atoms with E-state index in [1.165, 1.54) is 6.26 Å². The first kappa shape index (κ1) is 23.9. The molecule has 1 aromatic carbocycles. The van der Waals surface area contributed by atoms with Crippen molar-refractivity contribution >= 4 is 49.2 Å². The van der Waals surface area contributed by atoms with Crippen LogP contribution < -0.4 is 5.32 Å². The summed E-state index contributed by atoms with van der Waals surface area (Å²) in [5.41, 5.74) is 4.19. The summed E-state index contributed by atoms with van der Waals surface area (Å²) >= 11 is 6.16.